The van der Waals surface area contributed by atoms with Gasteiger partial charge < -0.3 is 15.1 Å². The topological polar surface area (TPSA) is 81.0 Å². The van der Waals surface area contributed by atoms with Crippen molar-refractivity contribution >= 4 is 23.1 Å². The first kappa shape index (κ1) is 17.7. The molecule has 1 saturated heterocycles. The quantitative estimate of drug-likeness (QED) is 0.754. The molecular formula is C21H21N7. The van der Waals surface area contributed by atoms with Crippen molar-refractivity contribution in [2.24, 2.45) is 0 Å². The summed E-state index contributed by atoms with van der Waals surface area (Å²) in [4.78, 5) is 18.1. The van der Waals surface area contributed by atoms with Crippen LogP contribution in [0.4, 0.5) is 23.1 Å². The van der Waals surface area contributed by atoms with E-state index in [0.717, 1.165) is 43.5 Å². The van der Waals surface area contributed by atoms with Crippen LogP contribution in [0.3, 0.4) is 0 Å². The van der Waals surface area contributed by atoms with Gasteiger partial charge >= 0.3 is 0 Å². The molecule has 1 N–H and O–H groups in total. The van der Waals surface area contributed by atoms with E-state index >= 15 is 0 Å². The van der Waals surface area contributed by atoms with Crippen molar-refractivity contribution in [1.29, 1.82) is 5.26 Å². The van der Waals surface area contributed by atoms with Gasteiger partial charge in [-0.05, 0) is 31.2 Å². The molecule has 3 heterocycles. The van der Waals surface area contributed by atoms with Crippen LogP contribution in [-0.2, 0) is 0 Å². The number of nitriles is 1. The molecule has 4 rings (SSSR count). The molecule has 28 heavy (non-hydrogen) atoms. The smallest absolute Gasteiger partial charge is 0.136 e. The number of piperazine rings is 1. The number of nitrogens with one attached hydrogen (secondary N) is 1. The zero-order chi connectivity index (χ0) is 19.3. The monoisotopic (exact) mass is 371 g/mol. The maximum atomic E-state index is 9.29. The largest absolute Gasteiger partial charge is 0.353 e. The SMILES string of the molecule is Cc1nc(Nc2ccccc2C#N)cc(N2CCN(c3ccccn3)CC2)n1. The number of anilines is 4. The van der Waals surface area contributed by atoms with E-state index in [0.29, 0.717) is 17.2 Å². The van der Waals surface area contributed by atoms with Crippen molar-refractivity contribution in [3.05, 3.63) is 66.1 Å². The van der Waals surface area contributed by atoms with Gasteiger partial charge in [0.05, 0.1) is 11.3 Å². The molecule has 0 radical (unpaired) electrons. The number of nitrogens with zero attached hydrogens (tertiary/aromatic N) is 6. The molecule has 7 heteroatoms. The zero-order valence-corrected chi connectivity index (χ0v) is 15.7. The van der Waals surface area contributed by atoms with Crippen LogP contribution in [0.15, 0.2) is 54.7 Å². The highest BCUT2D eigenvalue weighted by Crippen LogP contribution is 2.23. The van der Waals surface area contributed by atoms with E-state index in [4.69, 9.17) is 0 Å². The molecule has 0 aliphatic carbocycles. The predicted octanol–water partition coefficient (Wildman–Crippen LogP) is 3.12. The van der Waals surface area contributed by atoms with Crippen LogP contribution in [0.1, 0.15) is 11.4 Å². The van der Waals surface area contributed by atoms with Crippen LogP contribution in [0.5, 0.6) is 0 Å². The molecule has 1 aliphatic heterocycles. The Kier molecular flexibility index (Phi) is 5.02. The molecule has 1 aliphatic rings. The Labute approximate surface area is 164 Å². The third-order valence-corrected chi connectivity index (χ3v) is 4.71. The average molecular weight is 371 g/mol. The summed E-state index contributed by atoms with van der Waals surface area (Å²) in [5.74, 6) is 3.29. The third kappa shape index (κ3) is 3.86. The van der Waals surface area contributed by atoms with Gasteiger partial charge in [-0.25, -0.2) is 15.0 Å². The van der Waals surface area contributed by atoms with Gasteiger partial charge in [-0.3, -0.25) is 0 Å². The Morgan fingerprint density at radius 3 is 2.36 bits per heavy atom. The second-order valence-corrected chi connectivity index (χ2v) is 6.60. The van der Waals surface area contributed by atoms with Crippen LogP contribution in [0.25, 0.3) is 0 Å². The van der Waals surface area contributed by atoms with Gasteiger partial charge in [-0.1, -0.05) is 18.2 Å². The van der Waals surface area contributed by atoms with Crippen LogP contribution in [0, 0.1) is 18.3 Å². The average Bonchev–Trinajstić information content (AvgIpc) is 2.74. The van der Waals surface area contributed by atoms with Crippen molar-refractivity contribution in [2.75, 3.05) is 41.3 Å². The van der Waals surface area contributed by atoms with Gasteiger partial charge in [0.1, 0.15) is 29.3 Å². The van der Waals surface area contributed by atoms with Crippen LogP contribution >= 0.6 is 0 Å². The van der Waals surface area contributed by atoms with Gasteiger partial charge in [0.15, 0.2) is 0 Å². The first-order chi connectivity index (χ1) is 13.7. The highest BCUT2D eigenvalue weighted by atomic mass is 15.3. The summed E-state index contributed by atoms with van der Waals surface area (Å²) in [7, 11) is 0. The van der Waals surface area contributed by atoms with E-state index in [2.05, 4.69) is 36.1 Å². The minimum absolute atomic E-state index is 0.587. The maximum absolute atomic E-state index is 9.29. The van der Waals surface area contributed by atoms with Gasteiger partial charge in [0.25, 0.3) is 0 Å². The van der Waals surface area contributed by atoms with Gasteiger partial charge in [0, 0.05) is 38.4 Å². The minimum atomic E-state index is 0.587. The van der Waals surface area contributed by atoms with Crippen molar-refractivity contribution in [3.8, 4) is 6.07 Å². The molecule has 2 aromatic heterocycles. The molecule has 0 amide bonds. The Bertz CT molecular complexity index is 989. The van der Waals surface area contributed by atoms with Gasteiger partial charge in [-0.2, -0.15) is 5.26 Å². The Morgan fingerprint density at radius 2 is 1.64 bits per heavy atom. The molecular weight excluding hydrogens is 350 g/mol. The molecule has 0 saturated carbocycles. The lowest BCUT2D eigenvalue weighted by molar-refractivity contribution is 0.640. The first-order valence-corrected chi connectivity index (χ1v) is 9.26. The van der Waals surface area contributed by atoms with Crippen LogP contribution in [-0.4, -0.2) is 41.1 Å². The molecule has 1 aromatic carbocycles. The Morgan fingerprint density at radius 1 is 0.929 bits per heavy atom. The molecule has 0 bridgehead atoms. The van der Waals surface area contributed by atoms with E-state index in [1.165, 1.54) is 0 Å². The first-order valence-electron chi connectivity index (χ1n) is 9.26. The second-order valence-electron chi connectivity index (χ2n) is 6.60. The van der Waals surface area contributed by atoms with E-state index in [9.17, 15) is 5.26 Å². The fourth-order valence-corrected chi connectivity index (χ4v) is 3.31. The van der Waals surface area contributed by atoms with Gasteiger partial charge in [-0.15, -0.1) is 0 Å². The Balaban J connectivity index is 1.50. The molecule has 0 unspecified atom stereocenters. The summed E-state index contributed by atoms with van der Waals surface area (Å²) >= 11 is 0. The standard InChI is InChI=1S/C21H21N7/c1-16-24-19(26-18-7-3-2-6-17(18)15-22)14-21(25-16)28-12-10-27(11-13-28)20-8-4-5-9-23-20/h2-9,14H,10-13H2,1H3,(H,24,25,26). The highest BCUT2D eigenvalue weighted by molar-refractivity contribution is 5.66. The second kappa shape index (κ2) is 7.92. The fourth-order valence-electron chi connectivity index (χ4n) is 3.31. The number of aryl methyl sites for hydroxylation is 1. The van der Waals surface area contributed by atoms with Gasteiger partial charge in [0.2, 0.25) is 0 Å². The maximum Gasteiger partial charge on any atom is 0.136 e. The molecule has 140 valence electrons. The lowest BCUT2D eigenvalue weighted by Gasteiger charge is -2.36. The number of hydrogen-bond donors (Lipinski definition) is 1. The summed E-state index contributed by atoms with van der Waals surface area (Å²) in [6.07, 6.45) is 1.83. The van der Waals surface area contributed by atoms with E-state index in [1.807, 2.05) is 55.6 Å². The number of benzene rings is 1. The van der Waals surface area contributed by atoms with Crippen LogP contribution < -0.4 is 15.1 Å². The highest BCUT2D eigenvalue weighted by Gasteiger charge is 2.20. The number of pyridine rings is 1. The Hall–Kier alpha value is -3.66. The van der Waals surface area contributed by atoms with Crippen molar-refractivity contribution in [1.82, 2.24) is 15.0 Å². The summed E-state index contributed by atoms with van der Waals surface area (Å²) in [6, 6.07) is 17.5. The van der Waals surface area contributed by atoms with Crippen molar-refractivity contribution in [2.45, 2.75) is 6.92 Å². The predicted molar refractivity (Wildman–Crippen MR) is 110 cm³/mol. The summed E-state index contributed by atoms with van der Waals surface area (Å²) in [6.45, 7) is 5.39. The fraction of sp³-hybridized carbons (Fsp3) is 0.238. The number of rotatable bonds is 4. The molecule has 3 aromatic rings. The lowest BCUT2D eigenvalue weighted by atomic mass is 10.2. The van der Waals surface area contributed by atoms with Crippen molar-refractivity contribution in [3.63, 3.8) is 0 Å². The normalized spacial score (nSPS) is 13.9. The number of aromatic nitrogens is 3. The van der Waals surface area contributed by atoms with Crippen LogP contribution in [0.2, 0.25) is 0 Å². The number of para-hydroxylation sites is 1. The molecule has 7 nitrogen and oxygen atoms in total. The van der Waals surface area contributed by atoms with E-state index in [1.54, 1.807) is 6.07 Å². The molecule has 1 fully saturated rings. The van der Waals surface area contributed by atoms with E-state index in [-0.39, 0.29) is 0 Å². The summed E-state index contributed by atoms with van der Waals surface area (Å²) in [5, 5.41) is 12.5. The zero-order valence-electron chi connectivity index (χ0n) is 15.7. The summed E-state index contributed by atoms with van der Waals surface area (Å²) in [5.41, 5.74) is 1.33. The minimum Gasteiger partial charge on any atom is -0.353 e. The van der Waals surface area contributed by atoms with Crippen molar-refractivity contribution < 1.29 is 0 Å². The summed E-state index contributed by atoms with van der Waals surface area (Å²) < 4.78 is 0. The molecule has 0 atom stereocenters. The number of hydrogen-bond acceptors (Lipinski definition) is 7. The third-order valence-electron chi connectivity index (χ3n) is 4.71. The molecule has 0 spiro atoms. The van der Waals surface area contributed by atoms with E-state index < -0.39 is 0 Å². The lowest BCUT2D eigenvalue weighted by Crippen LogP contribution is -2.47.